The summed E-state index contributed by atoms with van der Waals surface area (Å²) in [6, 6.07) is 13.8. The van der Waals surface area contributed by atoms with Gasteiger partial charge in [0.1, 0.15) is 6.09 Å². The summed E-state index contributed by atoms with van der Waals surface area (Å²) >= 11 is 0. The van der Waals surface area contributed by atoms with E-state index in [1.807, 2.05) is 58.0 Å². The molecule has 2 aromatic rings. The second-order valence-corrected chi connectivity index (χ2v) is 16.3. The van der Waals surface area contributed by atoms with Crippen LogP contribution in [0.5, 0.6) is 0 Å². The summed E-state index contributed by atoms with van der Waals surface area (Å²) in [7, 11) is -2.46. The van der Waals surface area contributed by atoms with Crippen LogP contribution in [0.3, 0.4) is 0 Å². The predicted molar refractivity (Wildman–Crippen MR) is 189 cm³/mol. The summed E-state index contributed by atoms with van der Waals surface area (Å²) in [5, 5.41) is 33.6. The minimum atomic E-state index is -4.16. The average Bonchev–Trinajstić information content (AvgIpc) is 3.69. The van der Waals surface area contributed by atoms with Gasteiger partial charge in [-0.3, -0.25) is 0 Å². The third-order valence-electron chi connectivity index (χ3n) is 9.41. The number of fused-ring (bicyclic) bond motifs is 1. The number of carbonyl (C=O) groups excluding carboxylic acids is 2. The SMILES string of the molecule is CNc1cccc(S(=O)(=O)N(C[C@@H](O)[C@H](Cc2ccccc2)N(C(=O)[O-])[C@H]2CO[C@H]3OCC[C@H]32)CC(C)(C)CCCCNC(=O)NC(C)C)c1. The Kier molecular flexibility index (Phi) is 13.9. The minimum Gasteiger partial charge on any atom is -0.530 e. The number of benzene rings is 2. The second kappa shape index (κ2) is 17.7. The average molecular weight is 717 g/mol. The molecule has 5 atom stereocenters. The molecule has 3 amide bonds. The maximum atomic E-state index is 14.4. The van der Waals surface area contributed by atoms with E-state index in [4.69, 9.17) is 9.47 Å². The van der Waals surface area contributed by atoms with Gasteiger partial charge in [0.2, 0.25) is 10.0 Å². The van der Waals surface area contributed by atoms with Crippen molar-refractivity contribution < 1.29 is 37.7 Å². The van der Waals surface area contributed by atoms with E-state index in [2.05, 4.69) is 16.0 Å². The van der Waals surface area contributed by atoms with E-state index in [-0.39, 0.29) is 49.0 Å². The van der Waals surface area contributed by atoms with Gasteiger partial charge in [0.25, 0.3) is 0 Å². The molecule has 2 saturated heterocycles. The van der Waals surface area contributed by atoms with Crippen molar-refractivity contribution in [3.8, 4) is 0 Å². The highest BCUT2D eigenvalue weighted by molar-refractivity contribution is 7.89. The van der Waals surface area contributed by atoms with Crippen molar-refractivity contribution in [3.05, 3.63) is 60.2 Å². The lowest BCUT2D eigenvalue weighted by Gasteiger charge is -2.43. The Bertz CT molecular complexity index is 1510. The van der Waals surface area contributed by atoms with Crippen molar-refractivity contribution in [3.63, 3.8) is 0 Å². The number of anilines is 1. The molecule has 13 nitrogen and oxygen atoms in total. The van der Waals surface area contributed by atoms with E-state index in [9.17, 15) is 28.2 Å². The van der Waals surface area contributed by atoms with Gasteiger partial charge < -0.3 is 45.3 Å². The van der Waals surface area contributed by atoms with Gasteiger partial charge in [0, 0.05) is 44.3 Å². The maximum absolute atomic E-state index is 14.4. The third-order valence-corrected chi connectivity index (χ3v) is 11.2. The largest absolute Gasteiger partial charge is 0.530 e. The van der Waals surface area contributed by atoms with Crippen molar-refractivity contribution in [2.45, 2.75) is 95.2 Å². The molecule has 2 aliphatic rings. The molecule has 2 heterocycles. The Morgan fingerprint density at radius 3 is 2.50 bits per heavy atom. The molecule has 4 rings (SSSR count). The molecule has 0 saturated carbocycles. The zero-order valence-electron chi connectivity index (χ0n) is 29.8. The molecule has 2 fully saturated rings. The van der Waals surface area contributed by atoms with Crippen LogP contribution in [0, 0.1) is 11.3 Å². The van der Waals surface area contributed by atoms with Crippen LogP contribution in [-0.2, 0) is 25.9 Å². The zero-order valence-corrected chi connectivity index (χ0v) is 30.7. The summed E-state index contributed by atoms with van der Waals surface area (Å²) in [5.41, 5.74) is 0.858. The first-order chi connectivity index (χ1) is 23.7. The number of hydrogen-bond donors (Lipinski definition) is 4. The van der Waals surface area contributed by atoms with Crippen LogP contribution in [0.25, 0.3) is 0 Å². The fourth-order valence-electron chi connectivity index (χ4n) is 6.86. The fraction of sp³-hybridized carbons (Fsp3) is 0.611. The molecule has 0 bridgehead atoms. The van der Waals surface area contributed by atoms with E-state index in [1.54, 1.807) is 25.2 Å². The normalized spacial score (nSPS) is 20.4. The molecule has 0 aromatic heterocycles. The van der Waals surface area contributed by atoms with Crippen LogP contribution in [0.4, 0.5) is 15.3 Å². The Balaban J connectivity index is 1.61. The number of rotatable bonds is 18. The molecule has 14 heteroatoms. The van der Waals surface area contributed by atoms with Gasteiger partial charge in [-0.25, -0.2) is 13.2 Å². The summed E-state index contributed by atoms with van der Waals surface area (Å²) < 4.78 is 41.5. The van der Waals surface area contributed by atoms with Gasteiger partial charge in [0.05, 0.1) is 36.3 Å². The lowest BCUT2D eigenvalue weighted by molar-refractivity contribution is -0.273. The number of hydrogen-bond acceptors (Lipinski definition) is 9. The molecule has 50 heavy (non-hydrogen) atoms. The van der Waals surface area contributed by atoms with E-state index < -0.39 is 46.0 Å². The first kappa shape index (κ1) is 39.4. The molecule has 2 aromatic carbocycles. The lowest BCUT2D eigenvalue weighted by atomic mass is 9.87. The van der Waals surface area contributed by atoms with Crippen LogP contribution >= 0.6 is 0 Å². The van der Waals surface area contributed by atoms with Gasteiger partial charge in [-0.05, 0) is 68.7 Å². The molecule has 4 N–H and O–H groups in total. The highest BCUT2D eigenvalue weighted by Gasteiger charge is 2.47. The number of aliphatic hydroxyl groups is 1. The highest BCUT2D eigenvalue weighted by Crippen LogP contribution is 2.36. The van der Waals surface area contributed by atoms with Crippen LogP contribution in [0.2, 0.25) is 0 Å². The van der Waals surface area contributed by atoms with E-state index in [0.29, 0.717) is 38.1 Å². The van der Waals surface area contributed by atoms with Gasteiger partial charge >= 0.3 is 6.03 Å². The number of urea groups is 1. The Morgan fingerprint density at radius 2 is 1.82 bits per heavy atom. The van der Waals surface area contributed by atoms with E-state index in [1.165, 1.54) is 10.4 Å². The van der Waals surface area contributed by atoms with Crippen LogP contribution < -0.4 is 21.1 Å². The first-order valence-electron chi connectivity index (χ1n) is 17.5. The Hall–Kier alpha value is -3.43. The molecule has 0 radical (unpaired) electrons. The van der Waals surface area contributed by atoms with Crippen molar-refractivity contribution >= 4 is 27.8 Å². The predicted octanol–water partition coefficient (Wildman–Crippen LogP) is 3.00. The van der Waals surface area contributed by atoms with E-state index in [0.717, 1.165) is 16.9 Å². The molecule has 0 unspecified atom stereocenters. The highest BCUT2D eigenvalue weighted by atomic mass is 32.2. The molecule has 2 aliphatic heterocycles. The number of sulfonamides is 1. The van der Waals surface area contributed by atoms with Crippen LogP contribution in [0.1, 0.15) is 58.9 Å². The van der Waals surface area contributed by atoms with Crippen molar-refractivity contribution in [1.29, 1.82) is 0 Å². The Morgan fingerprint density at radius 1 is 1.08 bits per heavy atom. The lowest BCUT2D eigenvalue weighted by Crippen LogP contribution is -2.61. The Labute approximate surface area is 296 Å². The number of nitrogens with zero attached hydrogens (tertiary/aromatic N) is 2. The smallest absolute Gasteiger partial charge is 0.314 e. The number of unbranched alkanes of at least 4 members (excludes halogenated alkanes) is 1. The molecule has 0 aliphatic carbocycles. The van der Waals surface area contributed by atoms with Gasteiger partial charge in [-0.15, -0.1) is 0 Å². The number of nitrogens with one attached hydrogen (secondary N) is 3. The molecule has 0 spiro atoms. The van der Waals surface area contributed by atoms with Crippen LogP contribution in [0.15, 0.2) is 59.5 Å². The van der Waals surface area contributed by atoms with Crippen molar-refractivity contribution in [2.24, 2.45) is 11.3 Å². The summed E-state index contributed by atoms with van der Waals surface area (Å²) in [4.78, 5) is 26.1. The monoisotopic (exact) mass is 716 g/mol. The van der Waals surface area contributed by atoms with Crippen LogP contribution in [-0.4, -0.2) is 105 Å². The zero-order chi connectivity index (χ0) is 36.5. The van der Waals surface area contributed by atoms with Gasteiger partial charge in [-0.2, -0.15) is 4.31 Å². The number of carboxylic acid groups (broad SMARTS) is 1. The molecule has 278 valence electrons. The maximum Gasteiger partial charge on any atom is 0.314 e. The molecular formula is C36H54N5O8S-. The standard InChI is InChI=1S/C36H55N5O8S/c1-25(2)39-34(43)38-18-10-9-17-36(3,4)24-40(50(46,47)28-15-11-14-27(21-28)37-5)22-32(42)30(20-26-12-7-6-8-13-26)41(35(44)45)31-23-49-33-29(31)16-19-48-33/h6-8,11-15,21,25,29-33,37,42H,9-10,16-20,22-24H2,1-5H3,(H,44,45)(H2,38,39,43)/p-1/t29-,30-,31-,32+,33+/m0/s1. The van der Waals surface area contributed by atoms with Crippen molar-refractivity contribution in [1.82, 2.24) is 19.8 Å². The summed E-state index contributed by atoms with van der Waals surface area (Å²) in [5.74, 6) is -0.229. The first-order valence-corrected chi connectivity index (χ1v) is 18.9. The van der Waals surface area contributed by atoms with Gasteiger partial charge in [0.15, 0.2) is 6.29 Å². The molecular weight excluding hydrogens is 662 g/mol. The number of amides is 3. The van der Waals surface area contributed by atoms with E-state index >= 15 is 0 Å². The number of ether oxygens (including phenoxy) is 2. The van der Waals surface area contributed by atoms with Crippen molar-refractivity contribution in [2.75, 3.05) is 45.2 Å². The number of aliphatic hydroxyl groups excluding tert-OH is 1. The second-order valence-electron chi connectivity index (χ2n) is 14.3. The minimum absolute atomic E-state index is 0.0253. The van der Waals surface area contributed by atoms with Gasteiger partial charge in [-0.1, -0.05) is 56.7 Å². The summed E-state index contributed by atoms with van der Waals surface area (Å²) in [6.07, 6.45) is -0.620. The number of carbonyl (C=O) groups is 2. The summed E-state index contributed by atoms with van der Waals surface area (Å²) in [6.45, 7) is 8.41. The topological polar surface area (TPSA) is 173 Å². The third kappa shape index (κ3) is 10.5. The fourth-order valence-corrected chi connectivity index (χ4v) is 8.55. The quantitative estimate of drug-likeness (QED) is 0.169.